The van der Waals surface area contributed by atoms with Crippen LogP contribution >= 0.6 is 0 Å². The maximum atomic E-state index is 2.48. The molecule has 1 fully saturated rings. The van der Waals surface area contributed by atoms with Crippen LogP contribution in [0.5, 0.6) is 0 Å². The van der Waals surface area contributed by atoms with Crippen molar-refractivity contribution in [2.45, 2.75) is 23.8 Å². The molecule has 0 radical (unpaired) electrons. The Bertz CT molecular complexity index is 80.1. The Morgan fingerprint density at radius 1 is 1.71 bits per heavy atom. The summed E-state index contributed by atoms with van der Waals surface area (Å²) in [5, 5.41) is 0. The van der Waals surface area contributed by atoms with E-state index in [2.05, 4.69) is 24.0 Å². The van der Waals surface area contributed by atoms with Crippen molar-refractivity contribution in [2.24, 2.45) is 0 Å². The first-order valence-corrected chi connectivity index (χ1v) is 4.63. The van der Waals surface area contributed by atoms with Gasteiger partial charge in [-0.15, -0.1) is 0 Å². The molecule has 0 aromatic carbocycles. The molecule has 1 nitrogen and oxygen atoms in total. The van der Waals surface area contributed by atoms with Crippen molar-refractivity contribution in [3.8, 4) is 0 Å². The number of hydrogen-bond acceptors (Lipinski definition) is 1. The van der Waals surface area contributed by atoms with Crippen LogP contribution in [0.4, 0.5) is 0 Å². The molecule has 0 saturated carbocycles. The molecule has 0 aromatic heterocycles. The summed E-state index contributed by atoms with van der Waals surface area (Å²) in [6.07, 6.45) is 1.34. The molecule has 0 amide bonds. The van der Waals surface area contributed by atoms with Crippen molar-refractivity contribution in [1.82, 2.24) is 3.11 Å². The molecule has 44 valence electrons. The molecule has 0 N–H and O–H groups in total. The van der Waals surface area contributed by atoms with Gasteiger partial charge in [0.1, 0.15) is 0 Å². The van der Waals surface area contributed by atoms with Crippen LogP contribution in [0.1, 0.15) is 20.3 Å². The van der Waals surface area contributed by atoms with Gasteiger partial charge in [0.15, 0.2) is 0 Å². The monoisotopic (exact) mass is 212 g/mol. The summed E-state index contributed by atoms with van der Waals surface area (Å²) < 4.78 is 3.17. The first-order chi connectivity index (χ1) is 3.19. The minimum atomic E-state index is 0.461. The first-order valence-electron chi connectivity index (χ1n) is 2.59. The van der Waals surface area contributed by atoms with Crippen LogP contribution in [-0.4, -0.2) is 13.7 Å². The summed E-state index contributed by atoms with van der Waals surface area (Å²) in [5.74, 6) is 0. The molecule has 1 heterocycles. The van der Waals surface area contributed by atoms with Gasteiger partial charge in [-0.3, -0.25) is 0 Å². The predicted molar refractivity (Wildman–Crippen MR) is 26.5 cm³/mol. The summed E-state index contributed by atoms with van der Waals surface area (Å²) in [5.41, 5.74) is 0. The van der Waals surface area contributed by atoms with E-state index < -0.39 is 0 Å². The van der Waals surface area contributed by atoms with Gasteiger partial charge in [0, 0.05) is 0 Å². The van der Waals surface area contributed by atoms with Gasteiger partial charge in [-0.2, -0.15) is 0 Å². The standard InChI is InChI=1S/C5H11IN/c1-4-5(2)6-7(5)3/h4H2,1-3H3/q-1. The second kappa shape index (κ2) is 1.58. The normalized spacial score (nSPS) is 50.4. The van der Waals surface area contributed by atoms with Gasteiger partial charge in [-0.25, -0.2) is 0 Å². The van der Waals surface area contributed by atoms with Gasteiger partial charge in [-0.1, -0.05) is 0 Å². The molecule has 0 spiro atoms. The number of nitrogens with zero attached hydrogens (tertiary/aromatic N) is 1. The van der Waals surface area contributed by atoms with Crippen LogP contribution in [0, 0.1) is 0 Å². The third-order valence-corrected chi connectivity index (χ3v) is 5.43. The Morgan fingerprint density at radius 3 is 2.14 bits per heavy atom. The van der Waals surface area contributed by atoms with Crippen LogP contribution in [0.15, 0.2) is 0 Å². The van der Waals surface area contributed by atoms with E-state index in [1.54, 1.807) is 0 Å². The first kappa shape index (κ1) is 5.82. The van der Waals surface area contributed by atoms with Crippen molar-refractivity contribution < 1.29 is 21.5 Å². The summed E-state index contributed by atoms with van der Waals surface area (Å²) in [6.45, 7) is 4.61. The average molecular weight is 212 g/mol. The Kier molecular flexibility index (Phi) is 1.32. The molecule has 1 rings (SSSR count). The zero-order chi connectivity index (χ0) is 5.49. The Morgan fingerprint density at radius 2 is 2.14 bits per heavy atom. The Balaban J connectivity index is 2.36. The number of alkyl halides is 1. The van der Waals surface area contributed by atoms with Crippen molar-refractivity contribution in [3.05, 3.63) is 0 Å². The molecule has 1 saturated heterocycles. The molecule has 2 unspecified atom stereocenters. The number of hydrogen-bond donors (Lipinski definition) is 0. The van der Waals surface area contributed by atoms with E-state index in [0.29, 0.717) is 25.0 Å². The van der Waals surface area contributed by atoms with Crippen LogP contribution in [-0.2, 0) is 0 Å². The topological polar surface area (TPSA) is 3.01 Å². The summed E-state index contributed by atoms with van der Waals surface area (Å²) in [7, 11) is 2.22. The molecular weight excluding hydrogens is 201 g/mol. The maximum absolute atomic E-state index is 2.48. The van der Waals surface area contributed by atoms with E-state index in [4.69, 9.17) is 0 Å². The summed E-state index contributed by atoms with van der Waals surface area (Å²) in [6, 6.07) is 0. The summed E-state index contributed by atoms with van der Waals surface area (Å²) >= 11 is 0.461. The van der Waals surface area contributed by atoms with E-state index in [1.807, 2.05) is 0 Å². The molecule has 2 heteroatoms. The van der Waals surface area contributed by atoms with E-state index >= 15 is 0 Å². The van der Waals surface area contributed by atoms with Gasteiger partial charge < -0.3 is 0 Å². The molecule has 1 aliphatic rings. The average Bonchev–Trinajstić information content (AvgIpc) is 2.18. The van der Waals surface area contributed by atoms with Crippen LogP contribution in [0.2, 0.25) is 0 Å². The van der Waals surface area contributed by atoms with Gasteiger partial charge >= 0.3 is 55.5 Å². The van der Waals surface area contributed by atoms with E-state index in [-0.39, 0.29) is 0 Å². The molecule has 0 bridgehead atoms. The molecule has 1 aliphatic heterocycles. The van der Waals surface area contributed by atoms with E-state index in [0.717, 1.165) is 0 Å². The van der Waals surface area contributed by atoms with Gasteiger partial charge in [0.25, 0.3) is 0 Å². The summed E-state index contributed by atoms with van der Waals surface area (Å²) in [4.78, 5) is 0. The van der Waals surface area contributed by atoms with Crippen LogP contribution in [0.3, 0.4) is 0 Å². The Hall–Kier alpha value is 0.690. The number of rotatable bonds is 1. The van der Waals surface area contributed by atoms with Crippen molar-refractivity contribution in [2.75, 3.05) is 7.05 Å². The second-order valence-corrected chi connectivity index (χ2v) is 6.31. The molecular formula is C5H11IN-. The number of halogens is 1. The zero-order valence-electron chi connectivity index (χ0n) is 5.03. The van der Waals surface area contributed by atoms with Crippen LogP contribution < -0.4 is 21.5 Å². The van der Waals surface area contributed by atoms with Crippen molar-refractivity contribution >= 4 is 0 Å². The quantitative estimate of drug-likeness (QED) is 0.161. The molecule has 7 heavy (non-hydrogen) atoms. The second-order valence-electron chi connectivity index (χ2n) is 2.06. The fourth-order valence-corrected chi connectivity index (χ4v) is 2.67. The van der Waals surface area contributed by atoms with Gasteiger partial charge in [-0.05, 0) is 0 Å². The minimum absolute atomic E-state index is 0.461. The van der Waals surface area contributed by atoms with Crippen molar-refractivity contribution in [1.29, 1.82) is 0 Å². The van der Waals surface area contributed by atoms with Gasteiger partial charge in [0.2, 0.25) is 0 Å². The van der Waals surface area contributed by atoms with E-state index in [9.17, 15) is 0 Å². The predicted octanol–water partition coefficient (Wildman–Crippen LogP) is -1.94. The third-order valence-electron chi connectivity index (χ3n) is 1.57. The fourth-order valence-electron chi connectivity index (χ4n) is 0.532. The Labute approximate surface area is 55.7 Å². The molecule has 0 aliphatic carbocycles. The third kappa shape index (κ3) is 0.914. The fraction of sp³-hybridized carbons (Fsp3) is 1.00. The zero-order valence-corrected chi connectivity index (χ0v) is 7.19. The molecule has 0 aromatic rings. The van der Waals surface area contributed by atoms with Gasteiger partial charge in [0.05, 0.1) is 0 Å². The van der Waals surface area contributed by atoms with E-state index in [1.165, 1.54) is 6.42 Å². The SMILES string of the molecule is CCC1(C)[I-]N1C. The molecule has 2 atom stereocenters. The van der Waals surface area contributed by atoms with Crippen LogP contribution in [0.25, 0.3) is 0 Å². The van der Waals surface area contributed by atoms with Crippen molar-refractivity contribution in [3.63, 3.8) is 0 Å².